The van der Waals surface area contributed by atoms with E-state index in [0.717, 1.165) is 49.8 Å². The van der Waals surface area contributed by atoms with E-state index in [4.69, 9.17) is 6.57 Å². The molecule has 33 heavy (non-hydrogen) atoms. The second-order valence-corrected chi connectivity index (χ2v) is 9.16. The summed E-state index contributed by atoms with van der Waals surface area (Å²) in [6, 6.07) is 18.4. The molecule has 6 heteroatoms. The lowest BCUT2D eigenvalue weighted by atomic mass is 9.78. The van der Waals surface area contributed by atoms with Crippen molar-refractivity contribution in [3.8, 4) is 11.3 Å². The van der Waals surface area contributed by atoms with Crippen LogP contribution in [0, 0.1) is 12.5 Å². The van der Waals surface area contributed by atoms with Gasteiger partial charge in [0.1, 0.15) is 5.69 Å². The van der Waals surface area contributed by atoms with Gasteiger partial charge in [0.15, 0.2) is 0 Å². The molecular formula is C27H29N5O. The molecule has 1 aliphatic carbocycles. The minimum absolute atomic E-state index is 0.196. The maximum Gasteiger partial charge on any atom is 0.423 e. The molecule has 1 aliphatic heterocycles. The molecule has 5 rings (SSSR count). The maximum absolute atomic E-state index is 13.5. The average molecular weight is 440 g/mol. The Morgan fingerprint density at radius 1 is 0.970 bits per heavy atom. The molecule has 0 bridgehead atoms. The van der Waals surface area contributed by atoms with E-state index in [1.54, 1.807) is 0 Å². The van der Waals surface area contributed by atoms with Crippen LogP contribution in [0.25, 0.3) is 16.1 Å². The van der Waals surface area contributed by atoms with Crippen molar-refractivity contribution >= 4 is 11.8 Å². The van der Waals surface area contributed by atoms with Gasteiger partial charge in [-0.25, -0.2) is 4.79 Å². The molecule has 6 nitrogen and oxygen atoms in total. The van der Waals surface area contributed by atoms with Crippen LogP contribution in [0.2, 0.25) is 0 Å². The number of likely N-dealkylation sites (tertiary alicyclic amines) is 1. The highest BCUT2D eigenvalue weighted by molar-refractivity contribution is 5.85. The quantitative estimate of drug-likeness (QED) is 0.475. The Labute approximate surface area is 195 Å². The summed E-state index contributed by atoms with van der Waals surface area (Å²) < 4.78 is 1.24. The Bertz CT molecular complexity index is 1160. The van der Waals surface area contributed by atoms with Gasteiger partial charge in [-0.2, -0.15) is 0 Å². The van der Waals surface area contributed by atoms with Crippen molar-refractivity contribution in [1.82, 2.24) is 19.9 Å². The summed E-state index contributed by atoms with van der Waals surface area (Å²) in [6.45, 7) is 8.58. The third-order valence-electron chi connectivity index (χ3n) is 7.22. The van der Waals surface area contributed by atoms with Crippen molar-refractivity contribution in [3.05, 3.63) is 77.1 Å². The molecule has 1 saturated heterocycles. The Morgan fingerprint density at radius 2 is 1.73 bits per heavy atom. The third-order valence-corrected chi connectivity index (χ3v) is 7.22. The fourth-order valence-electron chi connectivity index (χ4n) is 5.56. The minimum Gasteiger partial charge on any atom is -0.360 e. The standard InChI is InChI=1S/C27H29N5O/c1-28-26-25(23-15-7-5-12-21(23)18-17-20-10-3-2-4-11-20)29-30-32(26)27(33)31-19-9-14-22-13-6-8-16-24(22)31/h2-5,7,10-12,15,22,24H,6,8-9,13-14,16-19H2. The molecule has 2 fully saturated rings. The molecule has 1 saturated carbocycles. The maximum atomic E-state index is 13.5. The highest BCUT2D eigenvalue weighted by Crippen LogP contribution is 2.37. The second kappa shape index (κ2) is 9.58. The first-order valence-corrected chi connectivity index (χ1v) is 12.0. The van der Waals surface area contributed by atoms with Crippen LogP contribution in [0.1, 0.15) is 49.7 Å². The van der Waals surface area contributed by atoms with E-state index >= 15 is 0 Å². The normalized spacial score (nSPS) is 20.2. The van der Waals surface area contributed by atoms with E-state index in [1.807, 2.05) is 41.3 Å². The number of amides is 1. The molecule has 2 aliphatic rings. The number of carbonyl (C=O) groups is 1. The highest BCUT2D eigenvalue weighted by Gasteiger charge is 2.39. The first kappa shape index (κ1) is 21.4. The zero-order valence-electron chi connectivity index (χ0n) is 18.9. The molecule has 1 aromatic heterocycles. The number of nitrogens with zero attached hydrogens (tertiary/aromatic N) is 5. The number of benzene rings is 2. The predicted molar refractivity (Wildman–Crippen MR) is 128 cm³/mol. The fraction of sp³-hybridized carbons (Fsp3) is 0.407. The van der Waals surface area contributed by atoms with E-state index in [9.17, 15) is 4.79 Å². The molecule has 3 aromatic rings. The van der Waals surface area contributed by atoms with Crippen molar-refractivity contribution < 1.29 is 4.79 Å². The average Bonchev–Trinajstić information content (AvgIpc) is 3.31. The summed E-state index contributed by atoms with van der Waals surface area (Å²) in [4.78, 5) is 19.2. The minimum atomic E-state index is -0.196. The van der Waals surface area contributed by atoms with Crippen LogP contribution in [0.4, 0.5) is 10.6 Å². The van der Waals surface area contributed by atoms with E-state index in [1.165, 1.54) is 29.5 Å². The Kier molecular flexibility index (Phi) is 6.21. The van der Waals surface area contributed by atoms with Crippen LogP contribution in [-0.2, 0) is 12.8 Å². The Morgan fingerprint density at radius 3 is 2.58 bits per heavy atom. The van der Waals surface area contributed by atoms with Crippen LogP contribution >= 0.6 is 0 Å². The van der Waals surface area contributed by atoms with Gasteiger partial charge in [0.25, 0.3) is 5.82 Å². The number of hydrogen-bond donors (Lipinski definition) is 0. The van der Waals surface area contributed by atoms with Crippen LogP contribution in [0.5, 0.6) is 0 Å². The van der Waals surface area contributed by atoms with Crippen LogP contribution in [0.3, 0.4) is 0 Å². The second-order valence-electron chi connectivity index (χ2n) is 9.16. The van der Waals surface area contributed by atoms with Gasteiger partial charge in [0.2, 0.25) is 0 Å². The summed E-state index contributed by atoms with van der Waals surface area (Å²) in [5, 5.41) is 8.54. The molecular weight excluding hydrogens is 410 g/mol. The number of piperidine rings is 1. The van der Waals surface area contributed by atoms with Crippen molar-refractivity contribution in [1.29, 1.82) is 0 Å². The predicted octanol–water partition coefficient (Wildman–Crippen LogP) is 5.90. The van der Waals surface area contributed by atoms with Gasteiger partial charge in [-0.3, -0.25) is 0 Å². The van der Waals surface area contributed by atoms with Crippen molar-refractivity contribution in [3.63, 3.8) is 0 Å². The lowest BCUT2D eigenvalue weighted by Gasteiger charge is -2.42. The summed E-state index contributed by atoms with van der Waals surface area (Å²) in [5.74, 6) is 0.791. The first-order chi connectivity index (χ1) is 16.3. The van der Waals surface area contributed by atoms with Crippen molar-refractivity contribution in [2.24, 2.45) is 5.92 Å². The van der Waals surface area contributed by atoms with E-state index in [0.29, 0.717) is 11.6 Å². The summed E-state index contributed by atoms with van der Waals surface area (Å²) in [5.41, 5.74) is 3.76. The van der Waals surface area contributed by atoms with Crippen LogP contribution in [-0.4, -0.2) is 38.5 Å². The van der Waals surface area contributed by atoms with E-state index in [-0.39, 0.29) is 17.9 Å². The van der Waals surface area contributed by atoms with Gasteiger partial charge in [-0.1, -0.05) is 78.7 Å². The highest BCUT2D eigenvalue weighted by atomic mass is 16.2. The van der Waals surface area contributed by atoms with Gasteiger partial charge in [-0.05, 0) is 61.1 Å². The smallest absolute Gasteiger partial charge is 0.360 e. The molecule has 168 valence electrons. The first-order valence-electron chi connectivity index (χ1n) is 12.0. The lowest BCUT2D eigenvalue weighted by molar-refractivity contribution is 0.0835. The molecule has 0 radical (unpaired) electrons. The molecule has 2 atom stereocenters. The molecule has 0 spiro atoms. The SMILES string of the molecule is [C-]#[N+]c1c(-c2ccccc2CCc2ccccc2)nnn1C(=O)N1CCCC2CCCCC21. The van der Waals surface area contributed by atoms with Crippen molar-refractivity contribution in [2.75, 3.05) is 6.54 Å². The summed E-state index contributed by atoms with van der Waals surface area (Å²) in [6.07, 6.45) is 8.60. The number of hydrogen-bond acceptors (Lipinski definition) is 3. The van der Waals surface area contributed by atoms with Gasteiger partial charge in [0.05, 0.1) is 0 Å². The number of aryl methyl sites for hydroxylation is 2. The zero-order valence-corrected chi connectivity index (χ0v) is 18.9. The number of aromatic nitrogens is 3. The Balaban J connectivity index is 1.43. The topological polar surface area (TPSA) is 55.4 Å². The summed E-state index contributed by atoms with van der Waals surface area (Å²) >= 11 is 0. The lowest BCUT2D eigenvalue weighted by Crippen LogP contribution is -2.51. The number of fused-ring (bicyclic) bond motifs is 1. The monoisotopic (exact) mass is 439 g/mol. The molecule has 2 unspecified atom stereocenters. The van der Waals surface area contributed by atoms with Gasteiger partial charge in [-0.15, -0.1) is 5.10 Å². The van der Waals surface area contributed by atoms with Crippen molar-refractivity contribution in [2.45, 2.75) is 57.4 Å². The van der Waals surface area contributed by atoms with Crippen LogP contribution in [0.15, 0.2) is 54.6 Å². The number of carbonyl (C=O) groups excluding carboxylic acids is 1. The largest absolute Gasteiger partial charge is 0.423 e. The molecule has 1 amide bonds. The number of rotatable bonds is 4. The zero-order chi connectivity index (χ0) is 22.6. The van der Waals surface area contributed by atoms with Gasteiger partial charge >= 0.3 is 6.03 Å². The molecule has 2 aromatic carbocycles. The fourth-order valence-corrected chi connectivity index (χ4v) is 5.56. The van der Waals surface area contributed by atoms with Crippen LogP contribution < -0.4 is 0 Å². The molecule has 0 N–H and O–H groups in total. The van der Waals surface area contributed by atoms with E-state index < -0.39 is 0 Å². The third kappa shape index (κ3) is 4.28. The van der Waals surface area contributed by atoms with Gasteiger partial charge in [0, 0.05) is 17.8 Å². The summed E-state index contributed by atoms with van der Waals surface area (Å²) in [7, 11) is 0. The Hall–Kier alpha value is -3.46. The molecule has 2 heterocycles. The van der Waals surface area contributed by atoms with Gasteiger partial charge < -0.3 is 9.74 Å². The van der Waals surface area contributed by atoms with E-state index in [2.05, 4.69) is 33.4 Å².